The summed E-state index contributed by atoms with van der Waals surface area (Å²) in [5.74, 6) is -3.99. The fraction of sp³-hybridized carbons (Fsp3) is 0.706. The van der Waals surface area contributed by atoms with Gasteiger partial charge in [-0.15, -0.1) is 0 Å². The molecule has 0 aliphatic carbocycles. The highest BCUT2D eigenvalue weighted by molar-refractivity contribution is 5.99. The van der Waals surface area contributed by atoms with Gasteiger partial charge < -0.3 is 68.3 Å². The lowest BCUT2D eigenvalue weighted by Gasteiger charge is -2.41. The number of hydrogen-bond acceptors (Lipinski definition) is 17. The minimum absolute atomic E-state index is 0.0593. The van der Waals surface area contributed by atoms with Gasteiger partial charge in [-0.3, -0.25) is 38.9 Å². The van der Waals surface area contributed by atoms with Crippen LogP contribution in [0.1, 0.15) is 163 Å². The minimum atomic E-state index is -0.991. The van der Waals surface area contributed by atoms with Crippen LogP contribution < -0.4 is 16.0 Å². The number of Topliss-reactive ketones (excluding diaryl/α,β-unsaturated/α-hetero) is 1. The van der Waals surface area contributed by atoms with Gasteiger partial charge in [-0.1, -0.05) is 97.4 Å². The number of likely N-dealkylation sites (N-methyl/N-ethyl adjacent to an activating group) is 2. The molecule has 10 atom stereocenters. The standard InChI is InChI=1S/C68H110N6O17/c1-19-45(6)60(54(84-17)41-55(76)74-31-23-27-52(74)62(85-18)46(7)63(80)69-47(8)61(79)48-25-21-20-22-26-48)73(16)65(82)58(43(2)3)71-64(81)59(44(4)5)72(15)56(77)42-89-38-37-88-36-35-87-34-33-86-32-24-28-53(75)50-30-29-49(40-57(78)90-67(9,10)11)51(39-50)70-66(83)91-68(12,13)14/h20-22,25-26,29-30,39,43-47,52,54,58-62,79H,19,23-24,27-28,31-38,40-42H2,1-18H3,(H,69,80)(H,70,83)(H,71,81)/t45?,46?,47-,52?,54?,58-,59?,60?,61-,62?/m0/s1. The Balaban J connectivity index is 1.46. The number of hydrogen-bond donors (Lipinski definition) is 4. The number of carbonyl (C=O) groups is 8. The van der Waals surface area contributed by atoms with Crippen molar-refractivity contribution >= 4 is 53.1 Å². The van der Waals surface area contributed by atoms with E-state index in [-0.39, 0.29) is 99.2 Å². The van der Waals surface area contributed by atoms with Crippen LogP contribution in [0.2, 0.25) is 0 Å². The van der Waals surface area contributed by atoms with E-state index in [1.54, 1.807) is 96.5 Å². The predicted octanol–water partition coefficient (Wildman–Crippen LogP) is 7.73. The van der Waals surface area contributed by atoms with Crippen molar-refractivity contribution in [1.82, 2.24) is 25.3 Å². The third kappa shape index (κ3) is 26.4. The molecule has 1 fully saturated rings. The number of esters is 1. The molecule has 2 aromatic rings. The Labute approximate surface area is 541 Å². The number of likely N-dealkylation sites (tertiary alicyclic amines) is 1. The lowest BCUT2D eigenvalue weighted by atomic mass is 9.89. The molecule has 0 radical (unpaired) electrons. The van der Waals surface area contributed by atoms with Crippen molar-refractivity contribution in [2.75, 3.05) is 93.0 Å². The molecule has 23 nitrogen and oxygen atoms in total. The first-order chi connectivity index (χ1) is 42.8. The zero-order valence-electron chi connectivity index (χ0n) is 57.7. The number of amides is 6. The highest BCUT2D eigenvalue weighted by Crippen LogP contribution is 2.31. The Hall–Kier alpha value is -6.08. The largest absolute Gasteiger partial charge is 0.460 e. The maximum Gasteiger partial charge on any atom is 0.412 e. The number of carbonyl (C=O) groups excluding carboxylic acids is 8. The normalized spacial score (nSPS) is 16.6. The van der Waals surface area contributed by atoms with Gasteiger partial charge in [0.25, 0.3) is 0 Å². The molecule has 0 saturated carbocycles. The quantitative estimate of drug-likeness (QED) is 0.0283. The van der Waals surface area contributed by atoms with E-state index in [1.165, 1.54) is 32.2 Å². The van der Waals surface area contributed by atoms with Crippen molar-refractivity contribution in [1.29, 1.82) is 0 Å². The Morgan fingerprint density at radius 3 is 1.86 bits per heavy atom. The lowest BCUT2D eigenvalue weighted by Crippen LogP contribution is -2.60. The number of ether oxygens (including phenoxy) is 8. The van der Waals surface area contributed by atoms with E-state index in [0.717, 1.165) is 0 Å². The van der Waals surface area contributed by atoms with E-state index in [4.69, 9.17) is 37.9 Å². The van der Waals surface area contributed by atoms with E-state index in [2.05, 4.69) is 16.0 Å². The summed E-state index contributed by atoms with van der Waals surface area (Å²) in [6, 6.07) is 10.4. The molecular weight excluding hydrogens is 1170 g/mol. The molecule has 0 bridgehead atoms. The Morgan fingerprint density at radius 1 is 0.714 bits per heavy atom. The average Bonchev–Trinajstić information content (AvgIpc) is 2.04. The summed E-state index contributed by atoms with van der Waals surface area (Å²) in [6.07, 6.45) is -0.608. The van der Waals surface area contributed by atoms with Crippen LogP contribution in [0.15, 0.2) is 48.5 Å². The molecule has 0 spiro atoms. The monoisotopic (exact) mass is 1280 g/mol. The molecule has 2 aromatic carbocycles. The molecule has 91 heavy (non-hydrogen) atoms. The van der Waals surface area contributed by atoms with E-state index < -0.39 is 89.5 Å². The molecular formula is C68H110N6O17. The molecule has 0 aromatic heterocycles. The maximum absolute atomic E-state index is 14.7. The van der Waals surface area contributed by atoms with Gasteiger partial charge in [0.2, 0.25) is 29.5 Å². The van der Waals surface area contributed by atoms with Gasteiger partial charge in [-0.25, -0.2) is 4.79 Å². The number of benzene rings is 2. The molecule has 7 unspecified atom stereocenters. The molecule has 1 heterocycles. The number of methoxy groups -OCH3 is 2. The van der Waals surface area contributed by atoms with E-state index in [9.17, 15) is 43.5 Å². The molecule has 23 heteroatoms. The Kier molecular flexibility index (Phi) is 33.8. The second-order valence-corrected chi connectivity index (χ2v) is 26.3. The first-order valence-corrected chi connectivity index (χ1v) is 32.2. The molecule has 514 valence electrons. The smallest absolute Gasteiger partial charge is 0.412 e. The number of nitrogens with one attached hydrogen (secondary N) is 3. The number of aliphatic hydroxyl groups excluding tert-OH is 1. The van der Waals surface area contributed by atoms with Crippen molar-refractivity contribution in [2.45, 2.75) is 202 Å². The van der Waals surface area contributed by atoms with Gasteiger partial charge in [-0.2, -0.15) is 0 Å². The van der Waals surface area contributed by atoms with Crippen LogP contribution in [-0.2, 0) is 73.1 Å². The second kappa shape index (κ2) is 38.8. The summed E-state index contributed by atoms with van der Waals surface area (Å²) in [6.45, 7) is 27.1. The number of anilines is 1. The number of aliphatic hydroxyl groups is 1. The maximum atomic E-state index is 14.7. The number of rotatable bonds is 39. The predicted molar refractivity (Wildman–Crippen MR) is 346 cm³/mol. The second-order valence-electron chi connectivity index (χ2n) is 26.3. The highest BCUT2D eigenvalue weighted by atomic mass is 16.6. The molecule has 6 amide bonds. The molecule has 1 aliphatic heterocycles. The van der Waals surface area contributed by atoms with Gasteiger partial charge in [0.1, 0.15) is 29.9 Å². The van der Waals surface area contributed by atoms with Crippen LogP contribution in [-0.4, -0.2) is 209 Å². The van der Waals surface area contributed by atoms with Crippen molar-refractivity contribution in [3.8, 4) is 0 Å². The molecule has 1 saturated heterocycles. The van der Waals surface area contributed by atoms with Crippen molar-refractivity contribution in [3.05, 3.63) is 65.2 Å². The molecule has 4 N–H and O–H groups in total. The van der Waals surface area contributed by atoms with Gasteiger partial charge >= 0.3 is 12.1 Å². The van der Waals surface area contributed by atoms with Crippen molar-refractivity contribution in [3.63, 3.8) is 0 Å². The summed E-state index contributed by atoms with van der Waals surface area (Å²) in [7, 11) is 6.24. The third-order valence-corrected chi connectivity index (χ3v) is 16.0. The fourth-order valence-corrected chi connectivity index (χ4v) is 11.1. The summed E-state index contributed by atoms with van der Waals surface area (Å²) < 4.78 is 45.4. The van der Waals surface area contributed by atoms with Crippen molar-refractivity contribution < 1.29 is 81.4 Å². The van der Waals surface area contributed by atoms with E-state index >= 15 is 0 Å². The summed E-state index contributed by atoms with van der Waals surface area (Å²) in [4.78, 5) is 114. The molecule has 1 aliphatic rings. The topological polar surface area (TPSA) is 276 Å². The van der Waals surface area contributed by atoms with Gasteiger partial charge in [0, 0.05) is 59.1 Å². The summed E-state index contributed by atoms with van der Waals surface area (Å²) in [5.41, 5.74) is 0.336. The van der Waals surface area contributed by atoms with Crippen LogP contribution in [0.25, 0.3) is 0 Å². The van der Waals surface area contributed by atoms with Crippen molar-refractivity contribution in [2.24, 2.45) is 23.7 Å². The number of nitrogens with zero attached hydrogens (tertiary/aromatic N) is 3. The van der Waals surface area contributed by atoms with Crippen LogP contribution >= 0.6 is 0 Å². The Morgan fingerprint density at radius 2 is 1.31 bits per heavy atom. The first-order valence-electron chi connectivity index (χ1n) is 32.2. The van der Waals surface area contributed by atoms with Gasteiger partial charge in [0.15, 0.2) is 5.78 Å². The summed E-state index contributed by atoms with van der Waals surface area (Å²) >= 11 is 0. The average molecular weight is 1280 g/mol. The minimum Gasteiger partial charge on any atom is -0.460 e. The molecule has 3 rings (SSSR count). The lowest BCUT2D eigenvalue weighted by molar-refractivity contribution is -0.154. The van der Waals surface area contributed by atoms with Gasteiger partial charge in [0.05, 0.1) is 94.8 Å². The van der Waals surface area contributed by atoms with Crippen LogP contribution in [0, 0.1) is 23.7 Å². The zero-order chi connectivity index (χ0) is 68.3. The Bertz CT molecular complexity index is 2610. The van der Waals surface area contributed by atoms with E-state index in [0.29, 0.717) is 68.7 Å². The van der Waals surface area contributed by atoms with Crippen LogP contribution in [0.3, 0.4) is 0 Å². The fourth-order valence-electron chi connectivity index (χ4n) is 11.1. The van der Waals surface area contributed by atoms with E-state index in [1.807, 2.05) is 59.7 Å². The number of ketones is 1. The first kappa shape index (κ1) is 79.2. The SMILES string of the molecule is CCC(C)C(C(CC(=O)N1CCCC1C(OC)C(C)C(=O)N[C@@H](C)[C@H](O)c1ccccc1)OC)N(C)C(=O)[C@@H](NC(=O)C(C(C)C)N(C)C(=O)COCCOCCOCCOCCCC(=O)c1ccc(CC(=O)OC(C)(C)C)c(NC(=O)OC(C)(C)C)c1)C(C)C. The van der Waals surface area contributed by atoms with Gasteiger partial charge in [-0.05, 0) is 103 Å². The van der Waals surface area contributed by atoms with Crippen LogP contribution in [0.5, 0.6) is 0 Å². The van der Waals surface area contributed by atoms with Crippen LogP contribution in [0.4, 0.5) is 10.5 Å². The summed E-state index contributed by atoms with van der Waals surface area (Å²) in [5, 5.41) is 19.5. The highest BCUT2D eigenvalue weighted by Gasteiger charge is 2.44. The third-order valence-electron chi connectivity index (χ3n) is 16.0. The zero-order valence-corrected chi connectivity index (χ0v) is 57.7.